The molecule has 1 saturated heterocycles. The first kappa shape index (κ1) is 24.3. The summed E-state index contributed by atoms with van der Waals surface area (Å²) in [4.78, 5) is 34.6. The van der Waals surface area contributed by atoms with E-state index in [4.69, 9.17) is 0 Å². The van der Waals surface area contributed by atoms with Crippen molar-refractivity contribution in [1.29, 1.82) is 0 Å². The van der Waals surface area contributed by atoms with Gasteiger partial charge in [0.15, 0.2) is 0 Å². The highest BCUT2D eigenvalue weighted by Gasteiger charge is 2.46. The van der Waals surface area contributed by atoms with Crippen molar-refractivity contribution in [3.63, 3.8) is 0 Å². The summed E-state index contributed by atoms with van der Waals surface area (Å²) in [5, 5.41) is 13.4. The summed E-state index contributed by atoms with van der Waals surface area (Å²) in [5.74, 6) is -1.48. The van der Waals surface area contributed by atoms with Gasteiger partial charge in [-0.05, 0) is 66.1 Å². The Morgan fingerprint density at radius 2 is 1.57 bits per heavy atom. The molecule has 1 N–H and O–H groups in total. The third-order valence-electron chi connectivity index (χ3n) is 7.00. The number of aromatic nitrogens is 1. The molecule has 37 heavy (non-hydrogen) atoms. The lowest BCUT2D eigenvalue weighted by Crippen LogP contribution is -2.29. The summed E-state index contributed by atoms with van der Waals surface area (Å²) in [7, 11) is 0. The zero-order chi connectivity index (χ0) is 25.9. The lowest BCUT2D eigenvalue weighted by molar-refractivity contribution is -0.140. The fraction of sp³-hybridized carbons (Fsp3) is 0.194. The number of Topliss-reactive ketones (excluding diaryl/α,β-unsaturated/α-hetero) is 1. The number of rotatable bonds is 7. The van der Waals surface area contributed by atoms with Crippen LogP contribution in [0.1, 0.15) is 36.6 Å². The third-order valence-corrected chi connectivity index (χ3v) is 7.00. The van der Waals surface area contributed by atoms with Crippen LogP contribution >= 0.6 is 0 Å². The molecular formula is C31H29N3O3. The van der Waals surface area contributed by atoms with Crippen LogP contribution in [0.25, 0.3) is 16.5 Å². The van der Waals surface area contributed by atoms with Gasteiger partial charge in [-0.25, -0.2) is 0 Å². The second kappa shape index (κ2) is 10.3. The van der Waals surface area contributed by atoms with Gasteiger partial charge in [-0.15, -0.1) is 0 Å². The zero-order valence-electron chi connectivity index (χ0n) is 21.0. The van der Waals surface area contributed by atoms with Crippen LogP contribution in [0.2, 0.25) is 0 Å². The summed E-state index contributed by atoms with van der Waals surface area (Å²) >= 11 is 0. The van der Waals surface area contributed by atoms with Crippen molar-refractivity contribution in [1.82, 2.24) is 9.88 Å². The lowest BCUT2D eigenvalue weighted by Gasteiger charge is -2.27. The minimum atomic E-state index is -0.717. The van der Waals surface area contributed by atoms with Gasteiger partial charge in [0.1, 0.15) is 5.76 Å². The van der Waals surface area contributed by atoms with Crippen molar-refractivity contribution in [3.8, 4) is 0 Å². The molecule has 6 nitrogen and oxygen atoms in total. The molecule has 186 valence electrons. The molecular weight excluding hydrogens is 462 g/mol. The van der Waals surface area contributed by atoms with Gasteiger partial charge in [0, 0.05) is 43.3 Å². The molecule has 0 aliphatic carbocycles. The third kappa shape index (κ3) is 4.58. The van der Waals surface area contributed by atoms with Gasteiger partial charge >= 0.3 is 0 Å². The first-order valence-electron chi connectivity index (χ1n) is 12.5. The first-order valence-corrected chi connectivity index (χ1v) is 12.5. The van der Waals surface area contributed by atoms with Crippen molar-refractivity contribution in [2.45, 2.75) is 26.4 Å². The second-order valence-electron chi connectivity index (χ2n) is 9.11. The van der Waals surface area contributed by atoms with Crippen LogP contribution in [-0.2, 0) is 16.1 Å². The van der Waals surface area contributed by atoms with Crippen molar-refractivity contribution >= 4 is 33.9 Å². The predicted molar refractivity (Wildman–Crippen MR) is 146 cm³/mol. The first-order chi connectivity index (χ1) is 18.0. The van der Waals surface area contributed by atoms with E-state index in [2.05, 4.69) is 23.7 Å². The van der Waals surface area contributed by atoms with Gasteiger partial charge in [-0.1, -0.05) is 48.5 Å². The summed E-state index contributed by atoms with van der Waals surface area (Å²) in [6, 6.07) is 24.2. The Morgan fingerprint density at radius 1 is 0.892 bits per heavy atom. The highest BCUT2D eigenvalue weighted by atomic mass is 16.3. The Balaban J connectivity index is 1.63. The van der Waals surface area contributed by atoms with Gasteiger partial charge in [0.25, 0.3) is 11.7 Å². The standard InChI is InChI=1S/C31H29N3O3/c1-3-33(4-2)26-13-11-23(12-14-26)28-27(29(35)25-10-9-22-7-5-6-8-24(22)19-25)30(36)31(37)34(28)20-21-15-17-32-18-16-21/h5-19,28,35H,3-4,20H2,1-2H3/b29-27-. The van der Waals surface area contributed by atoms with Gasteiger partial charge in [-0.2, -0.15) is 0 Å². The average Bonchev–Trinajstić information content (AvgIpc) is 3.19. The number of aliphatic hydroxyl groups excluding tert-OH is 1. The van der Waals surface area contributed by atoms with Crippen molar-refractivity contribution in [2.24, 2.45) is 0 Å². The van der Waals surface area contributed by atoms with Crippen LogP contribution in [0.15, 0.2) is 96.8 Å². The SMILES string of the molecule is CCN(CC)c1ccc(C2/C(=C(/O)c3ccc4ccccc4c3)C(=O)C(=O)N2Cc2ccncc2)cc1. The molecule has 6 heteroatoms. The summed E-state index contributed by atoms with van der Waals surface area (Å²) in [6.45, 7) is 6.18. The highest BCUT2D eigenvalue weighted by molar-refractivity contribution is 6.46. The molecule has 2 heterocycles. The molecule has 0 spiro atoms. The van der Waals surface area contributed by atoms with E-state index < -0.39 is 17.7 Å². The molecule has 1 atom stereocenters. The molecule has 1 aliphatic rings. The van der Waals surface area contributed by atoms with E-state index in [9.17, 15) is 14.7 Å². The number of nitrogens with zero attached hydrogens (tertiary/aromatic N) is 3. The molecule has 1 aromatic heterocycles. The number of hydrogen-bond donors (Lipinski definition) is 1. The fourth-order valence-electron chi connectivity index (χ4n) is 5.02. The van der Waals surface area contributed by atoms with E-state index in [1.54, 1.807) is 18.5 Å². The molecule has 3 aromatic carbocycles. The van der Waals surface area contributed by atoms with Crippen molar-refractivity contribution in [2.75, 3.05) is 18.0 Å². The van der Waals surface area contributed by atoms with Crippen LogP contribution in [0, 0.1) is 0 Å². The number of aliphatic hydroxyl groups is 1. The minimum Gasteiger partial charge on any atom is -0.507 e. The number of benzene rings is 3. The zero-order valence-corrected chi connectivity index (χ0v) is 21.0. The monoisotopic (exact) mass is 491 g/mol. The summed E-state index contributed by atoms with van der Waals surface area (Å²) < 4.78 is 0. The van der Waals surface area contributed by atoms with Crippen LogP contribution < -0.4 is 4.90 Å². The highest BCUT2D eigenvalue weighted by Crippen LogP contribution is 2.41. The molecule has 5 rings (SSSR count). The van der Waals surface area contributed by atoms with Crippen LogP contribution in [0.5, 0.6) is 0 Å². The van der Waals surface area contributed by atoms with Crippen LogP contribution in [-0.4, -0.2) is 39.8 Å². The van der Waals surface area contributed by atoms with Crippen LogP contribution in [0.4, 0.5) is 5.69 Å². The Labute approximate surface area is 216 Å². The Kier molecular flexibility index (Phi) is 6.73. The number of carbonyl (C=O) groups excluding carboxylic acids is 2. The second-order valence-corrected chi connectivity index (χ2v) is 9.11. The maximum absolute atomic E-state index is 13.4. The predicted octanol–water partition coefficient (Wildman–Crippen LogP) is 5.70. The number of carbonyl (C=O) groups is 2. The Morgan fingerprint density at radius 3 is 2.24 bits per heavy atom. The van der Waals surface area contributed by atoms with Gasteiger partial charge in [-0.3, -0.25) is 14.6 Å². The molecule has 1 amide bonds. The normalized spacial score (nSPS) is 16.9. The molecule has 1 aliphatic heterocycles. The number of fused-ring (bicyclic) bond motifs is 1. The molecule has 1 unspecified atom stereocenters. The number of anilines is 1. The largest absolute Gasteiger partial charge is 0.507 e. The Hall–Kier alpha value is -4.45. The van der Waals surface area contributed by atoms with Crippen LogP contribution in [0.3, 0.4) is 0 Å². The van der Waals surface area contributed by atoms with E-state index in [0.29, 0.717) is 5.56 Å². The Bertz CT molecular complexity index is 1470. The quantitative estimate of drug-likeness (QED) is 0.204. The topological polar surface area (TPSA) is 73.7 Å². The molecule has 4 aromatic rings. The maximum atomic E-state index is 13.4. The lowest BCUT2D eigenvalue weighted by atomic mass is 9.94. The van der Waals surface area contributed by atoms with E-state index >= 15 is 0 Å². The van der Waals surface area contributed by atoms with Gasteiger partial charge in [0.2, 0.25) is 0 Å². The molecule has 0 radical (unpaired) electrons. The van der Waals surface area contributed by atoms with E-state index in [1.165, 1.54) is 4.90 Å². The van der Waals surface area contributed by atoms with Gasteiger partial charge < -0.3 is 14.9 Å². The smallest absolute Gasteiger partial charge is 0.295 e. The van der Waals surface area contributed by atoms with Gasteiger partial charge in [0.05, 0.1) is 11.6 Å². The fourth-order valence-corrected chi connectivity index (χ4v) is 5.02. The number of ketones is 1. The number of amides is 1. The summed E-state index contributed by atoms with van der Waals surface area (Å²) in [6.07, 6.45) is 3.32. The van der Waals surface area contributed by atoms with Crippen molar-refractivity contribution in [3.05, 3.63) is 114 Å². The summed E-state index contributed by atoms with van der Waals surface area (Å²) in [5.41, 5.74) is 3.29. The van der Waals surface area contributed by atoms with Crippen molar-refractivity contribution < 1.29 is 14.7 Å². The molecule has 0 bridgehead atoms. The minimum absolute atomic E-state index is 0.102. The number of likely N-dealkylation sites (tertiary alicyclic amines) is 1. The van der Waals surface area contributed by atoms with E-state index in [0.717, 1.165) is 40.7 Å². The number of hydrogen-bond acceptors (Lipinski definition) is 5. The van der Waals surface area contributed by atoms with E-state index in [1.807, 2.05) is 72.8 Å². The molecule has 1 fully saturated rings. The maximum Gasteiger partial charge on any atom is 0.295 e. The van der Waals surface area contributed by atoms with E-state index in [-0.39, 0.29) is 17.9 Å². The number of pyridine rings is 1. The average molecular weight is 492 g/mol. The molecule has 0 saturated carbocycles.